The standard InChI is InChI=1S/C10H12N2O2.ClH/c11-7-8-2-1-3-9(6-8)12-4-5-14-10(12)13;/h1-3,6H,4-5,7,11H2;1H. The van der Waals surface area contributed by atoms with Gasteiger partial charge in [0.1, 0.15) is 6.61 Å². The largest absolute Gasteiger partial charge is 0.447 e. The molecule has 1 aliphatic heterocycles. The van der Waals surface area contributed by atoms with Gasteiger partial charge in [0, 0.05) is 12.2 Å². The number of rotatable bonds is 2. The van der Waals surface area contributed by atoms with Crippen LogP contribution in [-0.4, -0.2) is 19.2 Å². The number of nitrogens with two attached hydrogens (primary N) is 1. The van der Waals surface area contributed by atoms with Crippen LogP contribution >= 0.6 is 12.4 Å². The Hall–Kier alpha value is -1.26. The van der Waals surface area contributed by atoms with Crippen molar-refractivity contribution in [2.45, 2.75) is 6.54 Å². The van der Waals surface area contributed by atoms with Gasteiger partial charge in [-0.05, 0) is 17.7 Å². The second kappa shape index (κ2) is 5.00. The maximum absolute atomic E-state index is 11.2. The summed E-state index contributed by atoms with van der Waals surface area (Å²) < 4.78 is 4.85. The minimum absolute atomic E-state index is 0. The molecular formula is C10H13ClN2O2. The van der Waals surface area contributed by atoms with E-state index in [0.717, 1.165) is 11.3 Å². The number of hydrogen-bond donors (Lipinski definition) is 1. The molecule has 1 amide bonds. The second-order valence-corrected chi connectivity index (χ2v) is 3.14. The van der Waals surface area contributed by atoms with E-state index in [0.29, 0.717) is 19.7 Å². The van der Waals surface area contributed by atoms with Crippen LogP contribution in [0.5, 0.6) is 0 Å². The van der Waals surface area contributed by atoms with Crippen molar-refractivity contribution >= 4 is 24.2 Å². The molecule has 0 bridgehead atoms. The highest BCUT2D eigenvalue weighted by atomic mass is 35.5. The van der Waals surface area contributed by atoms with Crippen molar-refractivity contribution in [1.29, 1.82) is 0 Å². The third-order valence-corrected chi connectivity index (χ3v) is 2.22. The van der Waals surface area contributed by atoms with Crippen molar-refractivity contribution in [2.75, 3.05) is 18.1 Å². The van der Waals surface area contributed by atoms with E-state index >= 15 is 0 Å². The van der Waals surface area contributed by atoms with Crippen molar-refractivity contribution in [3.63, 3.8) is 0 Å². The zero-order chi connectivity index (χ0) is 9.97. The molecular weight excluding hydrogens is 216 g/mol. The molecule has 0 aliphatic carbocycles. The zero-order valence-electron chi connectivity index (χ0n) is 8.18. The van der Waals surface area contributed by atoms with Gasteiger partial charge in [0.2, 0.25) is 0 Å². The molecule has 1 aromatic rings. The number of cyclic esters (lactones) is 1. The fourth-order valence-electron chi connectivity index (χ4n) is 1.48. The van der Waals surface area contributed by atoms with Gasteiger partial charge in [-0.15, -0.1) is 12.4 Å². The Balaban J connectivity index is 0.00000112. The third kappa shape index (κ3) is 2.40. The molecule has 2 N–H and O–H groups in total. The highest BCUT2D eigenvalue weighted by molar-refractivity contribution is 5.89. The summed E-state index contributed by atoms with van der Waals surface area (Å²) in [5.74, 6) is 0. The van der Waals surface area contributed by atoms with Crippen LogP contribution in [0.3, 0.4) is 0 Å². The summed E-state index contributed by atoms with van der Waals surface area (Å²) in [7, 11) is 0. The molecule has 0 spiro atoms. The molecule has 1 aliphatic rings. The smallest absolute Gasteiger partial charge is 0.414 e. The van der Waals surface area contributed by atoms with Crippen molar-refractivity contribution in [2.24, 2.45) is 5.73 Å². The lowest BCUT2D eigenvalue weighted by molar-refractivity contribution is 0.181. The van der Waals surface area contributed by atoms with E-state index in [-0.39, 0.29) is 18.5 Å². The predicted octanol–water partition coefficient (Wildman–Crippen LogP) is 1.52. The number of carbonyl (C=O) groups excluding carboxylic acids is 1. The Bertz CT molecular complexity index is 357. The molecule has 15 heavy (non-hydrogen) atoms. The van der Waals surface area contributed by atoms with E-state index in [9.17, 15) is 4.79 Å². The molecule has 1 saturated heterocycles. The van der Waals surface area contributed by atoms with Gasteiger partial charge >= 0.3 is 6.09 Å². The Morgan fingerprint density at radius 1 is 1.47 bits per heavy atom. The van der Waals surface area contributed by atoms with E-state index in [4.69, 9.17) is 10.5 Å². The first kappa shape index (κ1) is 11.8. The first-order valence-corrected chi connectivity index (χ1v) is 4.54. The van der Waals surface area contributed by atoms with Gasteiger partial charge in [0.15, 0.2) is 0 Å². The number of amides is 1. The molecule has 1 heterocycles. The van der Waals surface area contributed by atoms with Crippen molar-refractivity contribution in [3.05, 3.63) is 29.8 Å². The first-order chi connectivity index (χ1) is 6.81. The van der Waals surface area contributed by atoms with Crippen LogP contribution in [0, 0.1) is 0 Å². The number of hydrogen-bond acceptors (Lipinski definition) is 3. The first-order valence-electron chi connectivity index (χ1n) is 4.54. The number of carbonyl (C=O) groups is 1. The SMILES string of the molecule is Cl.NCc1cccc(N2CCOC2=O)c1. The van der Waals surface area contributed by atoms with Crippen LogP contribution in [-0.2, 0) is 11.3 Å². The van der Waals surface area contributed by atoms with Crippen LogP contribution in [0.1, 0.15) is 5.56 Å². The third-order valence-electron chi connectivity index (χ3n) is 2.22. The Morgan fingerprint density at radius 2 is 2.27 bits per heavy atom. The lowest BCUT2D eigenvalue weighted by Crippen LogP contribution is -2.23. The van der Waals surface area contributed by atoms with Gasteiger partial charge in [-0.3, -0.25) is 4.90 Å². The van der Waals surface area contributed by atoms with Gasteiger partial charge in [0.25, 0.3) is 0 Å². The maximum atomic E-state index is 11.2. The highest BCUT2D eigenvalue weighted by Crippen LogP contribution is 2.19. The number of ether oxygens (including phenoxy) is 1. The topological polar surface area (TPSA) is 55.6 Å². The van der Waals surface area contributed by atoms with E-state index in [1.165, 1.54) is 0 Å². The minimum atomic E-state index is -0.279. The number of benzene rings is 1. The molecule has 0 radical (unpaired) electrons. The Kier molecular flexibility index (Phi) is 3.94. The van der Waals surface area contributed by atoms with E-state index in [1.54, 1.807) is 4.90 Å². The highest BCUT2D eigenvalue weighted by Gasteiger charge is 2.23. The van der Waals surface area contributed by atoms with Crippen LogP contribution in [0.15, 0.2) is 24.3 Å². The molecule has 5 heteroatoms. The zero-order valence-corrected chi connectivity index (χ0v) is 9.00. The lowest BCUT2D eigenvalue weighted by atomic mass is 10.2. The molecule has 4 nitrogen and oxygen atoms in total. The van der Waals surface area contributed by atoms with Crippen molar-refractivity contribution < 1.29 is 9.53 Å². The summed E-state index contributed by atoms with van der Waals surface area (Å²) in [6, 6.07) is 7.62. The van der Waals surface area contributed by atoms with E-state index in [2.05, 4.69) is 0 Å². The monoisotopic (exact) mass is 228 g/mol. The summed E-state index contributed by atoms with van der Waals surface area (Å²) in [6.45, 7) is 1.56. The lowest BCUT2D eigenvalue weighted by Gasteiger charge is -2.13. The summed E-state index contributed by atoms with van der Waals surface area (Å²) in [4.78, 5) is 12.9. The number of halogens is 1. The van der Waals surface area contributed by atoms with Gasteiger partial charge in [0.05, 0.1) is 6.54 Å². The number of anilines is 1. The molecule has 1 fully saturated rings. The average molecular weight is 229 g/mol. The summed E-state index contributed by atoms with van der Waals surface area (Å²) >= 11 is 0. The fourth-order valence-corrected chi connectivity index (χ4v) is 1.48. The average Bonchev–Trinajstić information content (AvgIpc) is 2.65. The van der Waals surface area contributed by atoms with Gasteiger partial charge in [-0.2, -0.15) is 0 Å². The van der Waals surface area contributed by atoms with Crippen LogP contribution in [0.2, 0.25) is 0 Å². The molecule has 0 aromatic heterocycles. The van der Waals surface area contributed by atoms with E-state index in [1.807, 2.05) is 24.3 Å². The Labute approximate surface area is 94.4 Å². The van der Waals surface area contributed by atoms with Crippen LogP contribution in [0.4, 0.5) is 10.5 Å². The van der Waals surface area contributed by atoms with E-state index < -0.39 is 0 Å². The molecule has 1 aromatic carbocycles. The summed E-state index contributed by atoms with van der Waals surface area (Å²) in [5.41, 5.74) is 7.39. The Morgan fingerprint density at radius 3 is 2.87 bits per heavy atom. The number of nitrogens with zero attached hydrogens (tertiary/aromatic N) is 1. The van der Waals surface area contributed by atoms with Gasteiger partial charge < -0.3 is 10.5 Å². The quantitative estimate of drug-likeness (QED) is 0.835. The van der Waals surface area contributed by atoms with Crippen LogP contribution in [0.25, 0.3) is 0 Å². The molecule has 0 atom stereocenters. The molecule has 2 rings (SSSR count). The molecule has 0 unspecified atom stereocenters. The van der Waals surface area contributed by atoms with Crippen LogP contribution < -0.4 is 10.6 Å². The fraction of sp³-hybridized carbons (Fsp3) is 0.300. The van der Waals surface area contributed by atoms with Gasteiger partial charge in [-0.25, -0.2) is 4.79 Å². The van der Waals surface area contributed by atoms with Crippen molar-refractivity contribution in [1.82, 2.24) is 0 Å². The second-order valence-electron chi connectivity index (χ2n) is 3.14. The van der Waals surface area contributed by atoms with Crippen molar-refractivity contribution in [3.8, 4) is 0 Å². The predicted molar refractivity (Wildman–Crippen MR) is 60.3 cm³/mol. The molecule has 0 saturated carbocycles. The maximum Gasteiger partial charge on any atom is 0.414 e. The normalized spacial score (nSPS) is 14.7. The summed E-state index contributed by atoms with van der Waals surface area (Å²) in [6.07, 6.45) is -0.279. The minimum Gasteiger partial charge on any atom is -0.447 e. The summed E-state index contributed by atoms with van der Waals surface area (Å²) in [5, 5.41) is 0. The molecule has 82 valence electrons. The van der Waals surface area contributed by atoms with Gasteiger partial charge in [-0.1, -0.05) is 12.1 Å².